The Balaban J connectivity index is 1.74. The number of nitrogens with zero attached hydrogens (tertiary/aromatic N) is 2. The number of aryl methyl sites for hydroxylation is 1. The summed E-state index contributed by atoms with van der Waals surface area (Å²) in [6, 6.07) is 8.11. The summed E-state index contributed by atoms with van der Waals surface area (Å²) in [6.07, 6.45) is 6.78. The topological polar surface area (TPSA) is 61.0 Å². The lowest BCUT2D eigenvalue weighted by Crippen LogP contribution is -2.17. The van der Waals surface area contributed by atoms with Crippen molar-refractivity contribution in [1.82, 2.24) is 9.97 Å². The van der Waals surface area contributed by atoms with E-state index in [4.69, 9.17) is 10.5 Å². The quantitative estimate of drug-likeness (QED) is 0.914. The lowest BCUT2D eigenvalue weighted by atomic mass is 9.88. The standard InChI is InChI=1S/C15H17N3O/c16-14-4-1-3-11-5-6-12(9-13(11)14)19-10-15-17-7-2-8-18-15/h2,5-9,14H,1,3-4,10,16H2. The Bertz CT molecular complexity index is 557. The molecule has 4 heteroatoms. The molecule has 3 rings (SSSR count). The van der Waals surface area contributed by atoms with Gasteiger partial charge in [-0.2, -0.15) is 0 Å². The predicted octanol–water partition coefficient (Wildman–Crippen LogP) is 2.39. The van der Waals surface area contributed by atoms with E-state index in [0.29, 0.717) is 12.4 Å². The third-order valence-corrected chi connectivity index (χ3v) is 3.47. The zero-order valence-corrected chi connectivity index (χ0v) is 10.7. The molecule has 0 saturated heterocycles. The number of nitrogens with two attached hydrogens (primary N) is 1. The SMILES string of the molecule is NC1CCCc2ccc(OCc3ncccn3)cc21. The Morgan fingerprint density at radius 1 is 1.26 bits per heavy atom. The fourth-order valence-electron chi connectivity index (χ4n) is 2.46. The molecule has 19 heavy (non-hydrogen) atoms. The highest BCUT2D eigenvalue weighted by molar-refractivity contribution is 5.39. The van der Waals surface area contributed by atoms with Crippen LogP contribution >= 0.6 is 0 Å². The van der Waals surface area contributed by atoms with Crippen molar-refractivity contribution in [2.45, 2.75) is 31.9 Å². The third kappa shape index (κ3) is 2.74. The van der Waals surface area contributed by atoms with E-state index in [1.807, 2.05) is 6.07 Å². The van der Waals surface area contributed by atoms with Crippen LogP contribution in [0.5, 0.6) is 5.75 Å². The first-order chi connectivity index (χ1) is 9.33. The van der Waals surface area contributed by atoms with Gasteiger partial charge in [0.25, 0.3) is 0 Å². The summed E-state index contributed by atoms with van der Waals surface area (Å²) in [5.41, 5.74) is 8.71. The third-order valence-electron chi connectivity index (χ3n) is 3.47. The second kappa shape index (κ2) is 5.36. The lowest BCUT2D eigenvalue weighted by molar-refractivity contribution is 0.295. The van der Waals surface area contributed by atoms with Gasteiger partial charge in [0.1, 0.15) is 12.4 Å². The number of ether oxygens (including phenoxy) is 1. The molecule has 1 aliphatic carbocycles. The van der Waals surface area contributed by atoms with Crippen molar-refractivity contribution in [3.8, 4) is 5.75 Å². The molecule has 1 atom stereocenters. The van der Waals surface area contributed by atoms with Gasteiger partial charge >= 0.3 is 0 Å². The molecule has 0 saturated carbocycles. The van der Waals surface area contributed by atoms with Crippen LogP contribution in [0.25, 0.3) is 0 Å². The summed E-state index contributed by atoms with van der Waals surface area (Å²) in [5, 5.41) is 0. The van der Waals surface area contributed by atoms with E-state index in [1.165, 1.54) is 17.5 Å². The van der Waals surface area contributed by atoms with Crippen molar-refractivity contribution in [1.29, 1.82) is 0 Å². The van der Waals surface area contributed by atoms with Gasteiger partial charge < -0.3 is 10.5 Å². The van der Waals surface area contributed by atoms with E-state index >= 15 is 0 Å². The zero-order valence-electron chi connectivity index (χ0n) is 10.7. The van der Waals surface area contributed by atoms with Crippen molar-refractivity contribution in [2.75, 3.05) is 0 Å². The first-order valence-corrected chi connectivity index (χ1v) is 6.60. The summed E-state index contributed by atoms with van der Waals surface area (Å²) in [4.78, 5) is 8.27. The molecular formula is C15H17N3O. The molecule has 0 spiro atoms. The number of rotatable bonds is 3. The van der Waals surface area contributed by atoms with E-state index in [-0.39, 0.29) is 6.04 Å². The number of aromatic nitrogens is 2. The second-order valence-electron chi connectivity index (χ2n) is 4.81. The maximum absolute atomic E-state index is 6.14. The number of fused-ring (bicyclic) bond motifs is 1. The van der Waals surface area contributed by atoms with Gasteiger partial charge in [-0.15, -0.1) is 0 Å². The molecule has 4 nitrogen and oxygen atoms in total. The number of hydrogen-bond acceptors (Lipinski definition) is 4. The Morgan fingerprint density at radius 2 is 2.11 bits per heavy atom. The molecule has 2 N–H and O–H groups in total. The van der Waals surface area contributed by atoms with Crippen molar-refractivity contribution in [3.05, 3.63) is 53.6 Å². The Kier molecular flexibility index (Phi) is 3.42. The zero-order chi connectivity index (χ0) is 13.1. The first kappa shape index (κ1) is 12.1. The molecule has 0 bridgehead atoms. The van der Waals surface area contributed by atoms with Crippen molar-refractivity contribution >= 4 is 0 Å². The minimum Gasteiger partial charge on any atom is -0.486 e. The van der Waals surface area contributed by atoms with Crippen molar-refractivity contribution in [3.63, 3.8) is 0 Å². The summed E-state index contributed by atoms with van der Waals surface area (Å²) in [7, 11) is 0. The van der Waals surface area contributed by atoms with E-state index < -0.39 is 0 Å². The van der Waals surface area contributed by atoms with Gasteiger partial charge in [-0.3, -0.25) is 0 Å². The van der Waals surface area contributed by atoms with Crippen LogP contribution in [0.3, 0.4) is 0 Å². The van der Waals surface area contributed by atoms with Gasteiger partial charge in [0.05, 0.1) is 0 Å². The normalized spacial score (nSPS) is 17.8. The van der Waals surface area contributed by atoms with Gasteiger partial charge in [0.15, 0.2) is 5.82 Å². The van der Waals surface area contributed by atoms with Crippen LogP contribution in [-0.4, -0.2) is 9.97 Å². The van der Waals surface area contributed by atoms with Crippen LogP contribution in [0.4, 0.5) is 0 Å². The molecular weight excluding hydrogens is 238 g/mol. The summed E-state index contributed by atoms with van der Waals surface area (Å²) >= 11 is 0. The highest BCUT2D eigenvalue weighted by Crippen LogP contribution is 2.30. The van der Waals surface area contributed by atoms with Gasteiger partial charge in [0.2, 0.25) is 0 Å². The van der Waals surface area contributed by atoms with Gasteiger partial charge in [-0.1, -0.05) is 6.07 Å². The molecule has 1 unspecified atom stereocenters. The van der Waals surface area contributed by atoms with Crippen LogP contribution in [0.2, 0.25) is 0 Å². The summed E-state index contributed by atoms with van der Waals surface area (Å²) in [5.74, 6) is 1.52. The Labute approximate surface area is 112 Å². The largest absolute Gasteiger partial charge is 0.486 e. The predicted molar refractivity (Wildman–Crippen MR) is 72.7 cm³/mol. The molecule has 1 heterocycles. The Hall–Kier alpha value is -1.94. The molecule has 0 fully saturated rings. The number of hydrogen-bond donors (Lipinski definition) is 1. The molecule has 2 aromatic rings. The number of benzene rings is 1. The van der Waals surface area contributed by atoms with Gasteiger partial charge in [-0.25, -0.2) is 9.97 Å². The maximum atomic E-state index is 6.14. The van der Waals surface area contributed by atoms with Gasteiger partial charge in [-0.05, 0) is 48.6 Å². The molecule has 0 radical (unpaired) electrons. The van der Waals surface area contributed by atoms with Crippen LogP contribution in [-0.2, 0) is 13.0 Å². The van der Waals surface area contributed by atoms with E-state index in [9.17, 15) is 0 Å². The van der Waals surface area contributed by atoms with Crippen LogP contribution in [0, 0.1) is 0 Å². The van der Waals surface area contributed by atoms with Crippen LogP contribution in [0.15, 0.2) is 36.7 Å². The fourth-order valence-corrected chi connectivity index (χ4v) is 2.46. The smallest absolute Gasteiger partial charge is 0.166 e. The lowest BCUT2D eigenvalue weighted by Gasteiger charge is -2.22. The van der Waals surface area contributed by atoms with Crippen molar-refractivity contribution < 1.29 is 4.74 Å². The summed E-state index contributed by atoms with van der Waals surface area (Å²) in [6.45, 7) is 0.384. The van der Waals surface area contributed by atoms with Crippen LogP contribution in [0.1, 0.15) is 35.8 Å². The maximum Gasteiger partial charge on any atom is 0.166 e. The molecule has 1 aromatic carbocycles. The highest BCUT2D eigenvalue weighted by Gasteiger charge is 2.17. The molecule has 0 aliphatic heterocycles. The van der Waals surface area contributed by atoms with Gasteiger partial charge in [0, 0.05) is 18.4 Å². The monoisotopic (exact) mass is 255 g/mol. The van der Waals surface area contributed by atoms with Crippen LogP contribution < -0.4 is 10.5 Å². The molecule has 1 aliphatic rings. The van der Waals surface area contributed by atoms with E-state index in [0.717, 1.165) is 18.6 Å². The molecule has 0 amide bonds. The minimum atomic E-state index is 0.139. The fraction of sp³-hybridized carbons (Fsp3) is 0.333. The minimum absolute atomic E-state index is 0.139. The Morgan fingerprint density at radius 3 is 2.95 bits per heavy atom. The average molecular weight is 255 g/mol. The van der Waals surface area contributed by atoms with Crippen molar-refractivity contribution in [2.24, 2.45) is 5.73 Å². The second-order valence-corrected chi connectivity index (χ2v) is 4.81. The molecule has 1 aromatic heterocycles. The molecule has 98 valence electrons. The van der Waals surface area contributed by atoms with E-state index in [2.05, 4.69) is 22.1 Å². The summed E-state index contributed by atoms with van der Waals surface area (Å²) < 4.78 is 5.73. The average Bonchev–Trinajstić information content (AvgIpc) is 2.47. The van der Waals surface area contributed by atoms with E-state index in [1.54, 1.807) is 18.5 Å². The highest BCUT2D eigenvalue weighted by atomic mass is 16.5. The first-order valence-electron chi connectivity index (χ1n) is 6.60.